The highest BCUT2D eigenvalue weighted by atomic mass is 16.6. The van der Waals surface area contributed by atoms with Crippen molar-refractivity contribution in [2.24, 2.45) is 11.7 Å². The van der Waals surface area contributed by atoms with Gasteiger partial charge in [-0.05, 0) is 89.3 Å². The number of anilines is 1. The highest BCUT2D eigenvalue weighted by Gasteiger charge is 2.75. The summed E-state index contributed by atoms with van der Waals surface area (Å²) in [6.45, 7) is 1.65. The van der Waals surface area contributed by atoms with Gasteiger partial charge in [-0.25, -0.2) is 9.69 Å². The summed E-state index contributed by atoms with van der Waals surface area (Å²) in [5.74, 6) is 3.55. The van der Waals surface area contributed by atoms with E-state index in [9.17, 15) is 19.5 Å². The van der Waals surface area contributed by atoms with Gasteiger partial charge >= 0.3 is 12.0 Å². The number of nitrogens with zero attached hydrogens (tertiary/aromatic N) is 2. The van der Waals surface area contributed by atoms with Gasteiger partial charge in [-0.3, -0.25) is 19.3 Å². The largest absolute Gasteiger partial charge is 0.497 e. The quantitative estimate of drug-likeness (QED) is 0.0966. The van der Waals surface area contributed by atoms with Crippen LogP contribution in [-0.2, 0) is 24.5 Å². The molecule has 3 aliphatic rings. The number of hydrogen-bond donors (Lipinski definition) is 3. The number of aliphatic hydroxyl groups is 1. The number of methoxy groups -OCH3 is 1. The van der Waals surface area contributed by atoms with Crippen molar-refractivity contribution in [2.75, 3.05) is 25.2 Å². The minimum Gasteiger partial charge on any atom is -0.497 e. The van der Waals surface area contributed by atoms with Crippen molar-refractivity contribution in [2.45, 2.75) is 42.6 Å². The minimum atomic E-state index is -2.01. The van der Waals surface area contributed by atoms with E-state index in [-0.39, 0.29) is 18.9 Å². The number of ether oxygens (including phenoxy) is 3. The Morgan fingerprint density at radius 1 is 0.769 bits per heavy atom. The lowest BCUT2D eigenvalue weighted by atomic mass is 9.65. The Morgan fingerprint density at radius 2 is 1.37 bits per heavy atom. The van der Waals surface area contributed by atoms with E-state index in [4.69, 9.17) is 19.9 Å². The highest BCUT2D eigenvalue weighted by Crippen LogP contribution is 2.65. The van der Waals surface area contributed by atoms with Crippen molar-refractivity contribution in [1.29, 1.82) is 0 Å². The molecule has 6 aromatic rings. The number of amides is 4. The molecule has 9 rings (SSSR count). The molecule has 65 heavy (non-hydrogen) atoms. The molecule has 4 N–H and O–H groups in total. The van der Waals surface area contributed by atoms with E-state index >= 15 is 4.79 Å². The molecule has 7 unspecified atom stereocenters. The van der Waals surface area contributed by atoms with Crippen LogP contribution in [0.25, 0.3) is 0 Å². The zero-order chi connectivity index (χ0) is 45.2. The van der Waals surface area contributed by atoms with E-state index < -0.39 is 65.4 Å². The van der Waals surface area contributed by atoms with Gasteiger partial charge in [0.1, 0.15) is 35.7 Å². The maximum absolute atomic E-state index is 16.2. The fourth-order valence-corrected chi connectivity index (χ4v) is 9.82. The molecular weight excluding hydrogens is 821 g/mol. The summed E-state index contributed by atoms with van der Waals surface area (Å²) < 4.78 is 17.5. The molecule has 12 nitrogen and oxygen atoms in total. The average Bonchev–Trinajstić information content (AvgIpc) is 3.80. The molecule has 2 saturated heterocycles. The van der Waals surface area contributed by atoms with Gasteiger partial charge in [-0.1, -0.05) is 115 Å². The Bertz CT molecular complexity index is 2790. The van der Waals surface area contributed by atoms with Crippen LogP contribution in [0.2, 0.25) is 0 Å². The summed E-state index contributed by atoms with van der Waals surface area (Å²) in [4.78, 5) is 63.6. The van der Waals surface area contributed by atoms with Gasteiger partial charge in [0.2, 0.25) is 11.8 Å². The number of carbonyl (C=O) groups is 4. The summed E-state index contributed by atoms with van der Waals surface area (Å²) in [5, 5.41) is 12.6. The number of primary amides is 1. The Hall–Kier alpha value is -7.72. The summed E-state index contributed by atoms with van der Waals surface area (Å²) in [7, 11) is 1.58. The van der Waals surface area contributed by atoms with Crippen LogP contribution in [-0.4, -0.2) is 60.2 Å². The number of nitrogens with two attached hydrogens (primary N) is 1. The van der Waals surface area contributed by atoms with Gasteiger partial charge in [0.25, 0.3) is 0 Å². The fourth-order valence-electron chi connectivity index (χ4n) is 9.82. The first-order chi connectivity index (χ1) is 31.6. The lowest BCUT2D eigenvalue weighted by molar-refractivity contribution is -0.178. The van der Waals surface area contributed by atoms with Crippen LogP contribution in [0.4, 0.5) is 10.5 Å². The van der Waals surface area contributed by atoms with Crippen LogP contribution in [0, 0.1) is 17.8 Å². The SMILES string of the molecule is COc1ccc(C#Cc2ccc3c(c2)C2(C(=O)N3C(=O)NC(C)c3ccccc3)C(C(N)=O)C3C(=O)OC(c4ccccc4)C(c4ccccc4)N3C2c2ccc(OCCO)cc2)cc1. The van der Waals surface area contributed by atoms with Crippen molar-refractivity contribution in [3.63, 3.8) is 0 Å². The molecule has 2 fully saturated rings. The predicted octanol–water partition coefficient (Wildman–Crippen LogP) is 7.09. The number of morpholine rings is 1. The molecule has 3 aliphatic heterocycles. The van der Waals surface area contributed by atoms with Crippen LogP contribution in [0.3, 0.4) is 0 Å². The third kappa shape index (κ3) is 7.54. The summed E-state index contributed by atoms with van der Waals surface area (Å²) in [6, 6.07) is 42.9. The molecule has 1 spiro atoms. The first kappa shape index (κ1) is 42.6. The number of rotatable bonds is 10. The Morgan fingerprint density at radius 3 is 2.00 bits per heavy atom. The normalized spacial score (nSPS) is 22.5. The van der Waals surface area contributed by atoms with E-state index in [1.54, 1.807) is 61.7 Å². The van der Waals surface area contributed by atoms with Crippen LogP contribution in [0.5, 0.6) is 11.5 Å². The molecule has 3 heterocycles. The number of fused-ring (bicyclic) bond motifs is 3. The number of cyclic esters (lactones) is 1. The number of benzene rings is 6. The van der Waals surface area contributed by atoms with Gasteiger partial charge in [0.15, 0.2) is 0 Å². The maximum atomic E-state index is 16.2. The molecule has 0 aliphatic carbocycles. The second-order valence-electron chi connectivity index (χ2n) is 16.2. The molecule has 0 saturated carbocycles. The van der Waals surface area contributed by atoms with Crippen molar-refractivity contribution in [1.82, 2.24) is 10.2 Å². The van der Waals surface area contributed by atoms with E-state index in [1.807, 2.05) is 115 Å². The number of imide groups is 1. The maximum Gasteiger partial charge on any atom is 0.329 e. The molecule has 0 bridgehead atoms. The first-order valence-corrected chi connectivity index (χ1v) is 21.4. The van der Waals surface area contributed by atoms with E-state index in [2.05, 4.69) is 17.2 Å². The van der Waals surface area contributed by atoms with Crippen molar-refractivity contribution in [3.05, 3.63) is 197 Å². The predicted molar refractivity (Wildman–Crippen MR) is 243 cm³/mol. The van der Waals surface area contributed by atoms with E-state index in [0.29, 0.717) is 39.3 Å². The minimum absolute atomic E-state index is 0.0447. The molecular formula is C53H46N4O8. The Balaban J connectivity index is 1.30. The zero-order valence-corrected chi connectivity index (χ0v) is 35.7. The molecule has 12 heteroatoms. The smallest absolute Gasteiger partial charge is 0.329 e. The molecule has 0 aromatic heterocycles. The summed E-state index contributed by atoms with van der Waals surface area (Å²) in [6.07, 6.45) is -0.899. The Kier molecular flexibility index (Phi) is 11.7. The Labute approximate surface area is 376 Å². The lowest BCUT2D eigenvalue weighted by Gasteiger charge is -2.46. The molecule has 326 valence electrons. The van der Waals surface area contributed by atoms with Crippen LogP contribution < -0.4 is 25.4 Å². The first-order valence-electron chi connectivity index (χ1n) is 21.4. The summed E-state index contributed by atoms with van der Waals surface area (Å²) >= 11 is 0. The van der Waals surface area contributed by atoms with Gasteiger partial charge in [-0.15, -0.1) is 0 Å². The fraction of sp³-hybridized carbons (Fsp3) is 0.208. The van der Waals surface area contributed by atoms with Crippen molar-refractivity contribution < 1.29 is 38.5 Å². The zero-order valence-electron chi connectivity index (χ0n) is 35.7. The number of hydrogen-bond acceptors (Lipinski definition) is 9. The monoisotopic (exact) mass is 866 g/mol. The standard InChI is InChI=1S/C53H46N4O8/c1-33(36-12-6-3-7-13-36)55-52(62)56-43-29-22-35(19-18-34-20-25-40(63-2)26-21-34)32-42(43)53(51(56)61)44(49(54)59)46-50(60)65-47(38-16-10-5-11-17-38)45(37-14-8-4-9-15-37)57(46)48(53)39-23-27-41(28-24-39)64-31-30-58/h3-17,20-29,32-33,44-48,58H,30-31H2,1-2H3,(H2,54,59)(H,55,62). The lowest BCUT2D eigenvalue weighted by Crippen LogP contribution is -2.55. The third-order valence-corrected chi connectivity index (χ3v) is 12.6. The molecule has 0 radical (unpaired) electrons. The second-order valence-corrected chi connectivity index (χ2v) is 16.2. The number of esters is 1. The number of aliphatic hydroxyl groups excluding tert-OH is 1. The third-order valence-electron chi connectivity index (χ3n) is 12.6. The summed E-state index contributed by atoms with van der Waals surface area (Å²) in [5.41, 5.74) is 9.01. The van der Waals surface area contributed by atoms with Gasteiger partial charge in [0.05, 0.1) is 43.4 Å². The number of carbonyl (C=O) groups excluding carboxylic acids is 4. The topological polar surface area (TPSA) is 161 Å². The van der Waals surface area contributed by atoms with Gasteiger partial charge in [-0.2, -0.15) is 0 Å². The van der Waals surface area contributed by atoms with E-state index in [1.165, 1.54) is 0 Å². The molecule has 4 amide bonds. The molecule has 7 atom stereocenters. The highest BCUT2D eigenvalue weighted by molar-refractivity contribution is 6.24. The second kappa shape index (κ2) is 17.8. The van der Waals surface area contributed by atoms with Crippen LogP contribution in [0.15, 0.2) is 158 Å². The van der Waals surface area contributed by atoms with Gasteiger partial charge < -0.3 is 30.4 Å². The van der Waals surface area contributed by atoms with Crippen LogP contribution in [0.1, 0.15) is 70.1 Å². The molecule has 6 aromatic carbocycles. The van der Waals surface area contributed by atoms with Crippen molar-refractivity contribution in [3.8, 4) is 23.3 Å². The van der Waals surface area contributed by atoms with Crippen molar-refractivity contribution >= 4 is 29.5 Å². The number of nitrogens with one attached hydrogen (secondary N) is 1. The average molecular weight is 867 g/mol. The van der Waals surface area contributed by atoms with Crippen LogP contribution >= 0.6 is 0 Å². The number of urea groups is 1. The van der Waals surface area contributed by atoms with Gasteiger partial charge in [0, 0.05) is 11.1 Å². The van der Waals surface area contributed by atoms with E-state index in [0.717, 1.165) is 16.0 Å².